The summed E-state index contributed by atoms with van der Waals surface area (Å²) in [6.45, 7) is 0. The first-order valence-electron chi connectivity index (χ1n) is 16.1. The van der Waals surface area contributed by atoms with Gasteiger partial charge in [-0.05, 0) is 82.9 Å². The van der Waals surface area contributed by atoms with Gasteiger partial charge in [-0.3, -0.25) is 0 Å². The van der Waals surface area contributed by atoms with Crippen LogP contribution < -0.4 is 0 Å². The number of hydrogen-bond donors (Lipinski definition) is 0. The van der Waals surface area contributed by atoms with Crippen LogP contribution in [0.25, 0.3) is 96.9 Å². The lowest BCUT2D eigenvalue weighted by Crippen LogP contribution is -1.92. The first-order valence-corrected chi connectivity index (χ1v) is 16.9. The van der Waals surface area contributed by atoms with Crippen molar-refractivity contribution in [1.82, 2.24) is 4.98 Å². The van der Waals surface area contributed by atoms with Crippen LogP contribution >= 0.6 is 11.3 Å². The topological polar surface area (TPSA) is 12.9 Å². The number of aromatic nitrogens is 1. The molecule has 1 heterocycles. The SMILES string of the molecule is c1ccc(-c2nc3c(ccc4ccc5cc(-c6c7ccccc7c(-c7cccc8ccccc78)c7ccccc67)ccc5c43)s2)cc1. The molecule has 0 radical (unpaired) electrons. The minimum atomic E-state index is 1.06. The maximum atomic E-state index is 5.20. The molecule has 0 aliphatic rings. The first kappa shape index (κ1) is 26.4. The number of nitrogens with zero attached hydrogens (tertiary/aromatic N) is 1. The van der Waals surface area contributed by atoms with E-state index in [0.29, 0.717) is 0 Å². The van der Waals surface area contributed by atoms with Gasteiger partial charge in [0.05, 0.1) is 10.2 Å². The predicted molar refractivity (Wildman–Crippen MR) is 203 cm³/mol. The standard InChI is InChI=1S/C45H27NS/c1-2-12-30(13-3-1)45-46-44-40(47-45)26-24-29-21-22-31-27-32(23-25-34(31)42(29)44)41-36-16-6-8-18-38(36)43(39-19-9-7-17-37(39)41)35-20-10-14-28-11-4-5-15-33(28)35/h1-27H. The van der Waals surface area contributed by atoms with Crippen LogP contribution in [0.15, 0.2) is 164 Å². The third kappa shape index (κ3) is 4.05. The highest BCUT2D eigenvalue weighted by atomic mass is 32.1. The summed E-state index contributed by atoms with van der Waals surface area (Å²) in [5.74, 6) is 0. The lowest BCUT2D eigenvalue weighted by molar-refractivity contribution is 1.49. The van der Waals surface area contributed by atoms with Gasteiger partial charge in [-0.15, -0.1) is 11.3 Å². The Kier molecular flexibility index (Phi) is 5.81. The summed E-state index contributed by atoms with van der Waals surface area (Å²) in [7, 11) is 0. The minimum absolute atomic E-state index is 1.06. The smallest absolute Gasteiger partial charge is 0.124 e. The normalized spacial score (nSPS) is 11.8. The number of rotatable bonds is 3. The van der Waals surface area contributed by atoms with E-state index in [0.717, 1.165) is 16.1 Å². The summed E-state index contributed by atoms with van der Waals surface area (Å²) >= 11 is 1.77. The summed E-state index contributed by atoms with van der Waals surface area (Å²) in [4.78, 5) is 5.20. The Labute approximate surface area is 276 Å². The van der Waals surface area contributed by atoms with Crippen LogP contribution in [0.5, 0.6) is 0 Å². The van der Waals surface area contributed by atoms with E-state index in [1.807, 2.05) is 0 Å². The van der Waals surface area contributed by atoms with Crippen LogP contribution in [-0.2, 0) is 0 Å². The van der Waals surface area contributed by atoms with Crippen molar-refractivity contribution in [2.24, 2.45) is 0 Å². The number of fused-ring (bicyclic) bond motifs is 8. The van der Waals surface area contributed by atoms with Gasteiger partial charge in [-0.1, -0.05) is 152 Å². The van der Waals surface area contributed by atoms with Crippen LogP contribution in [0.3, 0.4) is 0 Å². The van der Waals surface area contributed by atoms with E-state index < -0.39 is 0 Å². The van der Waals surface area contributed by atoms with Gasteiger partial charge < -0.3 is 0 Å². The molecule has 0 fully saturated rings. The second-order valence-corrected chi connectivity index (χ2v) is 13.3. The van der Waals surface area contributed by atoms with Crippen molar-refractivity contribution in [3.63, 3.8) is 0 Å². The zero-order valence-electron chi connectivity index (χ0n) is 25.4. The zero-order valence-corrected chi connectivity index (χ0v) is 26.3. The van der Waals surface area contributed by atoms with E-state index in [-0.39, 0.29) is 0 Å². The molecule has 10 rings (SSSR count). The van der Waals surface area contributed by atoms with Crippen molar-refractivity contribution in [1.29, 1.82) is 0 Å². The monoisotopic (exact) mass is 613 g/mol. The summed E-state index contributed by atoms with van der Waals surface area (Å²) in [5, 5.41) is 13.6. The maximum Gasteiger partial charge on any atom is 0.124 e. The molecule has 47 heavy (non-hydrogen) atoms. The van der Waals surface area contributed by atoms with Gasteiger partial charge in [0, 0.05) is 10.9 Å². The van der Waals surface area contributed by atoms with E-state index in [1.54, 1.807) is 11.3 Å². The highest BCUT2D eigenvalue weighted by molar-refractivity contribution is 7.21. The Morgan fingerprint density at radius 3 is 1.77 bits per heavy atom. The van der Waals surface area contributed by atoms with E-state index in [9.17, 15) is 0 Å². The predicted octanol–water partition coefficient (Wildman–Crippen LogP) is 13.1. The molecule has 0 amide bonds. The van der Waals surface area contributed by atoms with Gasteiger partial charge in [-0.2, -0.15) is 0 Å². The largest absolute Gasteiger partial charge is 0.235 e. The molecule has 0 unspecified atom stereocenters. The van der Waals surface area contributed by atoms with Crippen molar-refractivity contribution in [2.75, 3.05) is 0 Å². The van der Waals surface area contributed by atoms with Crippen molar-refractivity contribution in [2.45, 2.75) is 0 Å². The lowest BCUT2D eigenvalue weighted by atomic mass is 9.84. The van der Waals surface area contributed by atoms with Crippen LogP contribution in [0.1, 0.15) is 0 Å². The first-order chi connectivity index (χ1) is 23.3. The van der Waals surface area contributed by atoms with Crippen LogP contribution in [0.2, 0.25) is 0 Å². The molecule has 1 aromatic heterocycles. The molecule has 0 saturated heterocycles. The molecule has 0 bridgehead atoms. The fraction of sp³-hybridized carbons (Fsp3) is 0. The Balaban J connectivity index is 1.24. The molecule has 0 spiro atoms. The molecule has 2 heteroatoms. The molecule has 218 valence electrons. The van der Waals surface area contributed by atoms with Gasteiger partial charge in [0.15, 0.2) is 0 Å². The number of hydrogen-bond acceptors (Lipinski definition) is 2. The van der Waals surface area contributed by atoms with Gasteiger partial charge in [0.25, 0.3) is 0 Å². The van der Waals surface area contributed by atoms with Gasteiger partial charge in [-0.25, -0.2) is 4.98 Å². The molecule has 0 saturated carbocycles. The van der Waals surface area contributed by atoms with Gasteiger partial charge in [0.2, 0.25) is 0 Å². The Hall–Kier alpha value is -5.83. The molecule has 10 aromatic rings. The zero-order chi connectivity index (χ0) is 30.9. The van der Waals surface area contributed by atoms with Crippen molar-refractivity contribution in [3.8, 4) is 32.8 Å². The number of benzene rings is 9. The molecular formula is C45H27NS. The van der Waals surface area contributed by atoms with Crippen molar-refractivity contribution in [3.05, 3.63) is 164 Å². The Morgan fingerprint density at radius 1 is 0.383 bits per heavy atom. The Bertz CT molecular complexity index is 2780. The average Bonchev–Trinajstić information content (AvgIpc) is 3.58. The van der Waals surface area contributed by atoms with E-state index in [2.05, 4.69) is 164 Å². The fourth-order valence-corrected chi connectivity index (χ4v) is 8.55. The third-order valence-electron chi connectivity index (χ3n) is 9.66. The summed E-state index contributed by atoms with van der Waals surface area (Å²) in [6, 6.07) is 59.7. The fourth-order valence-electron chi connectivity index (χ4n) is 7.57. The number of thiazole rings is 1. The van der Waals surface area contributed by atoms with Crippen LogP contribution in [0.4, 0.5) is 0 Å². The molecular weight excluding hydrogens is 587 g/mol. The van der Waals surface area contributed by atoms with Gasteiger partial charge in [0.1, 0.15) is 5.01 Å². The summed E-state index contributed by atoms with van der Waals surface area (Å²) < 4.78 is 1.22. The van der Waals surface area contributed by atoms with Crippen LogP contribution in [0, 0.1) is 0 Å². The highest BCUT2D eigenvalue weighted by Gasteiger charge is 2.19. The molecule has 0 aliphatic carbocycles. The molecule has 0 atom stereocenters. The van der Waals surface area contributed by atoms with Gasteiger partial charge >= 0.3 is 0 Å². The molecule has 1 nitrogen and oxygen atoms in total. The summed E-state index contributed by atoms with van der Waals surface area (Å²) in [5.41, 5.74) is 7.32. The maximum absolute atomic E-state index is 5.20. The Morgan fingerprint density at radius 2 is 1.00 bits per heavy atom. The van der Waals surface area contributed by atoms with E-state index in [1.165, 1.54) is 80.8 Å². The van der Waals surface area contributed by atoms with Crippen molar-refractivity contribution < 1.29 is 0 Å². The molecule has 0 N–H and O–H groups in total. The summed E-state index contributed by atoms with van der Waals surface area (Å²) in [6.07, 6.45) is 0. The average molecular weight is 614 g/mol. The quantitative estimate of drug-likeness (QED) is 0.143. The third-order valence-corrected chi connectivity index (χ3v) is 10.7. The molecule has 0 aliphatic heterocycles. The second-order valence-electron chi connectivity index (χ2n) is 12.3. The van der Waals surface area contributed by atoms with E-state index >= 15 is 0 Å². The van der Waals surface area contributed by atoms with Crippen molar-refractivity contribution >= 4 is 75.4 Å². The minimum Gasteiger partial charge on any atom is -0.235 e. The van der Waals surface area contributed by atoms with E-state index in [4.69, 9.17) is 4.98 Å². The molecule has 9 aromatic carbocycles. The van der Waals surface area contributed by atoms with Crippen LogP contribution in [-0.4, -0.2) is 4.98 Å². The second kappa shape index (κ2) is 10.3. The lowest BCUT2D eigenvalue weighted by Gasteiger charge is -2.19. The highest BCUT2D eigenvalue weighted by Crippen LogP contribution is 2.46.